The molecule has 4 nitrogen and oxygen atoms in total. The van der Waals surface area contributed by atoms with Gasteiger partial charge in [-0.2, -0.15) is 0 Å². The van der Waals surface area contributed by atoms with Crippen LogP contribution in [0.2, 0.25) is 0 Å². The molecule has 1 heterocycles. The van der Waals surface area contributed by atoms with Gasteiger partial charge in [-0.25, -0.2) is 0 Å². The Morgan fingerprint density at radius 2 is 2.00 bits per heavy atom. The van der Waals surface area contributed by atoms with Gasteiger partial charge in [-0.1, -0.05) is 36.8 Å². The summed E-state index contributed by atoms with van der Waals surface area (Å²) in [6, 6.07) is 9.67. The second-order valence-corrected chi connectivity index (χ2v) is 6.29. The average Bonchev–Trinajstić information content (AvgIpc) is 2.84. The number of hydrogen-bond acceptors (Lipinski definition) is 3. The number of carbonyl (C=O) groups excluding carboxylic acids is 2. The first-order valence-corrected chi connectivity index (χ1v) is 8.75. The molecule has 1 aliphatic rings. The lowest BCUT2D eigenvalue weighted by molar-refractivity contribution is -0.145. The molecule has 1 amide bonds. The summed E-state index contributed by atoms with van der Waals surface area (Å²) in [7, 11) is 0. The Hall–Kier alpha value is -1.55. The molecule has 0 radical (unpaired) electrons. The van der Waals surface area contributed by atoms with Crippen LogP contribution in [0.3, 0.4) is 0 Å². The molecule has 0 aromatic heterocycles. The van der Waals surface area contributed by atoms with E-state index in [-0.39, 0.29) is 17.8 Å². The Balaban J connectivity index is 1.73. The molecule has 1 aromatic carbocycles. The normalized spacial score (nSPS) is 18.3. The summed E-state index contributed by atoms with van der Waals surface area (Å²) in [4.78, 5) is 25.5. The van der Waals surface area contributed by atoms with Gasteiger partial charge < -0.3 is 9.64 Å². The standard InChI is InChI=1S/C18H24ClNO3/c19-12-17(21)20-11-5-4-6-15(13-20)9-10-18(22)23-14-16-7-2-1-3-8-16/h1-3,7-8,15H,4-6,9-14H2. The molecule has 23 heavy (non-hydrogen) atoms. The van der Waals surface area contributed by atoms with Crippen molar-refractivity contribution in [3.05, 3.63) is 35.9 Å². The molecular weight excluding hydrogens is 314 g/mol. The Kier molecular flexibility index (Phi) is 7.40. The first-order valence-electron chi connectivity index (χ1n) is 8.22. The van der Waals surface area contributed by atoms with Crippen LogP contribution in [0.4, 0.5) is 0 Å². The smallest absolute Gasteiger partial charge is 0.306 e. The maximum atomic E-state index is 11.9. The minimum atomic E-state index is -0.173. The van der Waals surface area contributed by atoms with Crippen molar-refractivity contribution in [2.24, 2.45) is 5.92 Å². The number of halogens is 1. The zero-order valence-corrected chi connectivity index (χ0v) is 14.1. The number of esters is 1. The topological polar surface area (TPSA) is 46.6 Å². The van der Waals surface area contributed by atoms with Crippen LogP contribution in [0.15, 0.2) is 30.3 Å². The van der Waals surface area contributed by atoms with Crippen molar-refractivity contribution in [3.8, 4) is 0 Å². The number of rotatable bonds is 6. The summed E-state index contributed by atoms with van der Waals surface area (Å²) < 4.78 is 5.31. The highest BCUT2D eigenvalue weighted by Gasteiger charge is 2.22. The third-order valence-electron chi connectivity index (χ3n) is 4.24. The number of likely N-dealkylation sites (tertiary alicyclic amines) is 1. The Labute approximate surface area is 142 Å². The lowest BCUT2D eigenvalue weighted by Gasteiger charge is -2.23. The van der Waals surface area contributed by atoms with Gasteiger partial charge in [0, 0.05) is 19.5 Å². The first kappa shape index (κ1) is 17.8. The van der Waals surface area contributed by atoms with Crippen LogP contribution in [0.1, 0.15) is 37.7 Å². The van der Waals surface area contributed by atoms with Crippen molar-refractivity contribution >= 4 is 23.5 Å². The van der Waals surface area contributed by atoms with Crippen LogP contribution in [0, 0.1) is 5.92 Å². The molecule has 0 N–H and O–H groups in total. The molecule has 0 saturated carbocycles. The van der Waals surface area contributed by atoms with E-state index in [4.69, 9.17) is 16.3 Å². The zero-order valence-electron chi connectivity index (χ0n) is 13.4. The van der Waals surface area contributed by atoms with Gasteiger partial charge in [0.2, 0.25) is 5.91 Å². The predicted octanol–water partition coefficient (Wildman–Crippen LogP) is 3.38. The van der Waals surface area contributed by atoms with E-state index in [1.807, 2.05) is 35.2 Å². The average molecular weight is 338 g/mol. The van der Waals surface area contributed by atoms with E-state index in [0.717, 1.165) is 37.8 Å². The molecule has 0 spiro atoms. The number of carbonyl (C=O) groups is 2. The summed E-state index contributed by atoms with van der Waals surface area (Å²) in [6.45, 7) is 1.80. The molecule has 0 aliphatic carbocycles. The van der Waals surface area contributed by atoms with Gasteiger partial charge in [0.15, 0.2) is 0 Å². The number of amides is 1. The SMILES string of the molecule is O=C(CCC1CCCCN(C(=O)CCl)C1)OCc1ccccc1. The van der Waals surface area contributed by atoms with Crippen molar-refractivity contribution in [2.75, 3.05) is 19.0 Å². The number of benzene rings is 1. The summed E-state index contributed by atoms with van der Waals surface area (Å²) in [5.74, 6) is 0.207. The number of hydrogen-bond donors (Lipinski definition) is 0. The molecule has 1 aromatic rings. The van der Waals surface area contributed by atoms with Gasteiger partial charge in [0.05, 0.1) is 0 Å². The molecule has 1 aliphatic heterocycles. The van der Waals surface area contributed by atoms with E-state index >= 15 is 0 Å². The van der Waals surface area contributed by atoms with Gasteiger partial charge in [0.25, 0.3) is 0 Å². The fraction of sp³-hybridized carbons (Fsp3) is 0.556. The molecule has 1 saturated heterocycles. The second kappa shape index (κ2) is 9.56. The minimum absolute atomic E-state index is 0.00905. The molecule has 126 valence electrons. The quantitative estimate of drug-likeness (QED) is 0.590. The highest BCUT2D eigenvalue weighted by molar-refractivity contribution is 6.27. The molecule has 1 unspecified atom stereocenters. The minimum Gasteiger partial charge on any atom is -0.461 e. The zero-order chi connectivity index (χ0) is 16.5. The predicted molar refractivity (Wildman–Crippen MR) is 90.1 cm³/mol. The van der Waals surface area contributed by atoms with Crippen LogP contribution in [-0.4, -0.2) is 35.7 Å². The Morgan fingerprint density at radius 1 is 1.22 bits per heavy atom. The molecule has 5 heteroatoms. The number of alkyl halides is 1. The van der Waals surface area contributed by atoms with Crippen LogP contribution in [0.5, 0.6) is 0 Å². The third kappa shape index (κ3) is 6.22. The highest BCUT2D eigenvalue weighted by atomic mass is 35.5. The first-order chi connectivity index (χ1) is 11.2. The van der Waals surface area contributed by atoms with Gasteiger partial charge in [0.1, 0.15) is 12.5 Å². The molecule has 0 bridgehead atoms. The van der Waals surface area contributed by atoms with E-state index in [2.05, 4.69) is 0 Å². The van der Waals surface area contributed by atoms with Crippen molar-refractivity contribution in [1.82, 2.24) is 4.90 Å². The molecule has 1 fully saturated rings. The van der Waals surface area contributed by atoms with E-state index in [0.29, 0.717) is 25.5 Å². The van der Waals surface area contributed by atoms with E-state index < -0.39 is 0 Å². The van der Waals surface area contributed by atoms with Crippen LogP contribution in [-0.2, 0) is 20.9 Å². The number of nitrogens with zero attached hydrogens (tertiary/aromatic N) is 1. The maximum Gasteiger partial charge on any atom is 0.306 e. The Bertz CT molecular complexity index is 506. The Morgan fingerprint density at radius 3 is 2.74 bits per heavy atom. The lowest BCUT2D eigenvalue weighted by atomic mass is 9.98. The molecule has 2 rings (SSSR count). The van der Waals surface area contributed by atoms with Gasteiger partial charge in [-0.05, 0) is 30.7 Å². The third-order valence-corrected chi connectivity index (χ3v) is 4.46. The number of ether oxygens (including phenoxy) is 1. The second-order valence-electron chi connectivity index (χ2n) is 6.02. The monoisotopic (exact) mass is 337 g/mol. The molecule has 1 atom stereocenters. The van der Waals surface area contributed by atoms with Gasteiger partial charge in [-0.3, -0.25) is 9.59 Å². The van der Waals surface area contributed by atoms with E-state index in [1.165, 1.54) is 0 Å². The van der Waals surface area contributed by atoms with Crippen molar-refractivity contribution < 1.29 is 14.3 Å². The van der Waals surface area contributed by atoms with Crippen LogP contribution >= 0.6 is 11.6 Å². The van der Waals surface area contributed by atoms with Crippen LogP contribution in [0.25, 0.3) is 0 Å². The van der Waals surface area contributed by atoms with E-state index in [9.17, 15) is 9.59 Å². The molecular formula is C18H24ClNO3. The van der Waals surface area contributed by atoms with Crippen LogP contribution < -0.4 is 0 Å². The van der Waals surface area contributed by atoms with Crippen molar-refractivity contribution in [1.29, 1.82) is 0 Å². The van der Waals surface area contributed by atoms with E-state index in [1.54, 1.807) is 0 Å². The lowest BCUT2D eigenvalue weighted by Crippen LogP contribution is -2.35. The summed E-state index contributed by atoms with van der Waals surface area (Å²) in [5.41, 5.74) is 0.995. The summed E-state index contributed by atoms with van der Waals surface area (Å²) in [5, 5.41) is 0. The highest BCUT2D eigenvalue weighted by Crippen LogP contribution is 2.21. The van der Waals surface area contributed by atoms with Gasteiger partial charge in [-0.15, -0.1) is 11.6 Å². The summed E-state index contributed by atoms with van der Waals surface area (Å²) >= 11 is 5.65. The fourth-order valence-electron chi connectivity index (χ4n) is 2.91. The van der Waals surface area contributed by atoms with Crippen molar-refractivity contribution in [3.63, 3.8) is 0 Å². The van der Waals surface area contributed by atoms with Crippen molar-refractivity contribution in [2.45, 2.75) is 38.7 Å². The maximum absolute atomic E-state index is 11.9. The summed E-state index contributed by atoms with van der Waals surface area (Å²) in [6.07, 6.45) is 4.32. The van der Waals surface area contributed by atoms with Gasteiger partial charge >= 0.3 is 5.97 Å². The largest absolute Gasteiger partial charge is 0.461 e. The fourth-order valence-corrected chi connectivity index (χ4v) is 3.08.